The van der Waals surface area contributed by atoms with Gasteiger partial charge in [-0.3, -0.25) is 4.90 Å². The zero-order valence-corrected chi connectivity index (χ0v) is 12.7. The molecular formula is C15H23N3O3. The Bertz CT molecular complexity index is 460. The summed E-state index contributed by atoms with van der Waals surface area (Å²) in [6.45, 7) is 3.61. The summed E-state index contributed by atoms with van der Waals surface area (Å²) in [5.41, 5.74) is 0.972. The fourth-order valence-electron chi connectivity index (χ4n) is 3.48. The summed E-state index contributed by atoms with van der Waals surface area (Å²) in [5.74, 6) is 0. The maximum Gasteiger partial charge on any atom is 0.316 e. The molecule has 0 bridgehead atoms. The standard InChI is InChI=1S/C15H23N3O3/c1-19-13-4-6-18(11-15(13)5-3-7-21-15)10-12-8-16-14(20-2)17-9-12/h8-9,13H,3-7,10-11H2,1-2H3/t13-,15-/m0/s1. The average Bonchev–Trinajstić information content (AvgIpc) is 2.97. The van der Waals surface area contributed by atoms with E-state index in [2.05, 4.69) is 14.9 Å². The number of aromatic nitrogens is 2. The molecule has 6 heteroatoms. The van der Waals surface area contributed by atoms with E-state index in [0.717, 1.165) is 51.1 Å². The highest BCUT2D eigenvalue weighted by molar-refractivity contribution is 5.09. The van der Waals surface area contributed by atoms with Gasteiger partial charge < -0.3 is 14.2 Å². The summed E-state index contributed by atoms with van der Waals surface area (Å²) in [6, 6.07) is 0.410. The molecular weight excluding hydrogens is 270 g/mol. The van der Waals surface area contributed by atoms with Gasteiger partial charge in [-0.1, -0.05) is 0 Å². The molecule has 3 rings (SSSR count). The van der Waals surface area contributed by atoms with Crippen molar-refractivity contribution in [3.63, 3.8) is 0 Å². The fraction of sp³-hybridized carbons (Fsp3) is 0.733. The minimum atomic E-state index is -0.125. The van der Waals surface area contributed by atoms with E-state index in [4.69, 9.17) is 14.2 Å². The lowest BCUT2D eigenvalue weighted by molar-refractivity contribution is -0.145. The minimum absolute atomic E-state index is 0.125. The van der Waals surface area contributed by atoms with Crippen LogP contribution >= 0.6 is 0 Å². The highest BCUT2D eigenvalue weighted by atomic mass is 16.6. The maximum absolute atomic E-state index is 6.07. The van der Waals surface area contributed by atoms with Crippen LogP contribution in [0.4, 0.5) is 0 Å². The highest BCUT2D eigenvalue weighted by Crippen LogP contribution is 2.36. The predicted octanol–water partition coefficient (Wildman–Crippen LogP) is 1.26. The number of hydrogen-bond acceptors (Lipinski definition) is 6. The van der Waals surface area contributed by atoms with Gasteiger partial charge in [-0.25, -0.2) is 9.97 Å². The fourth-order valence-corrected chi connectivity index (χ4v) is 3.48. The first kappa shape index (κ1) is 14.7. The lowest BCUT2D eigenvalue weighted by atomic mass is 9.86. The quantitative estimate of drug-likeness (QED) is 0.833. The Kier molecular flexibility index (Phi) is 4.37. The van der Waals surface area contributed by atoms with E-state index in [1.54, 1.807) is 14.2 Å². The molecule has 2 aliphatic rings. The van der Waals surface area contributed by atoms with Gasteiger partial charge in [0.1, 0.15) is 5.60 Å². The Labute approximate surface area is 125 Å². The molecule has 2 atom stereocenters. The van der Waals surface area contributed by atoms with E-state index in [1.807, 2.05) is 12.4 Å². The first-order chi connectivity index (χ1) is 10.3. The second kappa shape index (κ2) is 6.25. The van der Waals surface area contributed by atoms with E-state index in [1.165, 1.54) is 0 Å². The monoisotopic (exact) mass is 293 g/mol. The van der Waals surface area contributed by atoms with Crippen LogP contribution in [0.2, 0.25) is 0 Å². The number of rotatable bonds is 4. The van der Waals surface area contributed by atoms with E-state index in [-0.39, 0.29) is 11.7 Å². The second-order valence-electron chi connectivity index (χ2n) is 5.82. The lowest BCUT2D eigenvalue weighted by Crippen LogP contribution is -2.56. The molecule has 0 N–H and O–H groups in total. The molecule has 1 spiro atoms. The van der Waals surface area contributed by atoms with E-state index >= 15 is 0 Å². The third kappa shape index (κ3) is 3.02. The van der Waals surface area contributed by atoms with Crippen molar-refractivity contribution in [1.29, 1.82) is 0 Å². The Balaban J connectivity index is 1.66. The number of likely N-dealkylation sites (tertiary alicyclic amines) is 1. The molecule has 0 aromatic carbocycles. The first-order valence-electron chi connectivity index (χ1n) is 7.50. The molecule has 1 aromatic heterocycles. The van der Waals surface area contributed by atoms with Crippen LogP contribution in [0.25, 0.3) is 0 Å². The Morgan fingerprint density at radius 2 is 2.19 bits per heavy atom. The van der Waals surface area contributed by atoms with Crippen LogP contribution in [0, 0.1) is 0 Å². The molecule has 0 unspecified atom stereocenters. The Morgan fingerprint density at radius 1 is 1.38 bits per heavy atom. The molecule has 2 saturated heterocycles. The van der Waals surface area contributed by atoms with Gasteiger partial charge >= 0.3 is 6.01 Å². The minimum Gasteiger partial charge on any atom is -0.467 e. The SMILES string of the molecule is COc1ncc(CN2CC[C@H](OC)[C@]3(CCCO3)C2)cn1. The third-order valence-corrected chi connectivity index (χ3v) is 4.47. The molecule has 1 aromatic rings. The van der Waals surface area contributed by atoms with Crippen molar-refractivity contribution in [2.45, 2.75) is 37.5 Å². The highest BCUT2D eigenvalue weighted by Gasteiger charge is 2.47. The van der Waals surface area contributed by atoms with Crippen molar-refractivity contribution in [3.8, 4) is 6.01 Å². The van der Waals surface area contributed by atoms with Crippen molar-refractivity contribution >= 4 is 0 Å². The molecule has 0 radical (unpaired) electrons. The first-order valence-corrected chi connectivity index (χ1v) is 7.50. The van der Waals surface area contributed by atoms with Crippen LogP contribution in [0.15, 0.2) is 12.4 Å². The summed E-state index contributed by atoms with van der Waals surface area (Å²) < 4.78 is 16.7. The number of nitrogens with zero attached hydrogens (tertiary/aromatic N) is 3. The lowest BCUT2D eigenvalue weighted by Gasteiger charge is -2.44. The van der Waals surface area contributed by atoms with Gasteiger partial charge in [-0.2, -0.15) is 0 Å². The van der Waals surface area contributed by atoms with Crippen molar-refractivity contribution in [1.82, 2.24) is 14.9 Å². The zero-order chi connectivity index (χ0) is 14.7. The summed E-state index contributed by atoms with van der Waals surface area (Å²) in [4.78, 5) is 10.7. The van der Waals surface area contributed by atoms with Gasteiger partial charge in [0.15, 0.2) is 0 Å². The molecule has 2 aliphatic heterocycles. The normalized spacial score (nSPS) is 29.9. The molecule has 21 heavy (non-hydrogen) atoms. The third-order valence-electron chi connectivity index (χ3n) is 4.47. The molecule has 0 saturated carbocycles. The van der Waals surface area contributed by atoms with Crippen molar-refractivity contribution in [2.24, 2.45) is 0 Å². The van der Waals surface area contributed by atoms with Gasteiger partial charge in [0, 0.05) is 51.3 Å². The summed E-state index contributed by atoms with van der Waals surface area (Å²) in [6.07, 6.45) is 7.09. The molecule has 2 fully saturated rings. The van der Waals surface area contributed by atoms with Crippen molar-refractivity contribution in [3.05, 3.63) is 18.0 Å². The number of ether oxygens (including phenoxy) is 3. The Hall–Kier alpha value is -1.24. The number of methoxy groups -OCH3 is 2. The van der Waals surface area contributed by atoms with Crippen LogP contribution in [0.5, 0.6) is 6.01 Å². The molecule has 0 amide bonds. The number of piperidine rings is 1. The zero-order valence-electron chi connectivity index (χ0n) is 12.7. The summed E-state index contributed by atoms with van der Waals surface area (Å²) >= 11 is 0. The maximum atomic E-state index is 6.07. The predicted molar refractivity (Wildman–Crippen MR) is 77.2 cm³/mol. The number of hydrogen-bond donors (Lipinski definition) is 0. The summed E-state index contributed by atoms with van der Waals surface area (Å²) in [7, 11) is 3.37. The largest absolute Gasteiger partial charge is 0.467 e. The van der Waals surface area contributed by atoms with Crippen LogP contribution in [0.1, 0.15) is 24.8 Å². The van der Waals surface area contributed by atoms with Gasteiger partial charge in [-0.05, 0) is 19.3 Å². The van der Waals surface area contributed by atoms with Gasteiger partial charge in [0.25, 0.3) is 0 Å². The van der Waals surface area contributed by atoms with Crippen LogP contribution < -0.4 is 4.74 Å². The topological polar surface area (TPSA) is 56.7 Å². The van der Waals surface area contributed by atoms with Crippen molar-refractivity contribution in [2.75, 3.05) is 33.9 Å². The van der Waals surface area contributed by atoms with E-state index in [9.17, 15) is 0 Å². The smallest absolute Gasteiger partial charge is 0.316 e. The summed E-state index contributed by atoms with van der Waals surface area (Å²) in [5, 5.41) is 0. The molecule has 0 aliphatic carbocycles. The molecule has 3 heterocycles. The van der Waals surface area contributed by atoms with Crippen molar-refractivity contribution < 1.29 is 14.2 Å². The van der Waals surface area contributed by atoms with Crippen LogP contribution in [0.3, 0.4) is 0 Å². The average molecular weight is 293 g/mol. The Morgan fingerprint density at radius 3 is 2.81 bits per heavy atom. The van der Waals surface area contributed by atoms with Gasteiger partial charge in [-0.15, -0.1) is 0 Å². The molecule has 116 valence electrons. The molecule has 6 nitrogen and oxygen atoms in total. The van der Waals surface area contributed by atoms with Crippen LogP contribution in [-0.4, -0.2) is 60.5 Å². The van der Waals surface area contributed by atoms with Crippen LogP contribution in [-0.2, 0) is 16.0 Å². The van der Waals surface area contributed by atoms with Gasteiger partial charge in [0.2, 0.25) is 0 Å². The second-order valence-corrected chi connectivity index (χ2v) is 5.82. The van der Waals surface area contributed by atoms with E-state index in [0.29, 0.717) is 6.01 Å². The van der Waals surface area contributed by atoms with Gasteiger partial charge in [0.05, 0.1) is 13.2 Å². The van der Waals surface area contributed by atoms with E-state index < -0.39 is 0 Å².